The van der Waals surface area contributed by atoms with Gasteiger partial charge in [-0.3, -0.25) is 9.59 Å². The quantitative estimate of drug-likeness (QED) is 0.606. The molecule has 0 unspecified atom stereocenters. The van der Waals surface area contributed by atoms with Crippen LogP contribution < -0.4 is 10.6 Å². The van der Waals surface area contributed by atoms with E-state index < -0.39 is 11.2 Å². The number of thioether (sulfide) groups is 1. The number of hydrogen-bond donors (Lipinski definition) is 2. The predicted molar refractivity (Wildman–Crippen MR) is 109 cm³/mol. The van der Waals surface area contributed by atoms with Crippen LogP contribution in [0, 0.1) is 11.8 Å². The number of esters is 2. The van der Waals surface area contributed by atoms with Gasteiger partial charge in [-0.15, -0.1) is 11.8 Å². The van der Waals surface area contributed by atoms with Crippen LogP contribution in [0.1, 0.15) is 53.4 Å². The Hall–Kier alpha value is -0.790. The molecule has 2 saturated heterocycles. The Morgan fingerprint density at radius 1 is 0.778 bits per heavy atom. The van der Waals surface area contributed by atoms with Crippen LogP contribution in [-0.4, -0.2) is 60.8 Å². The van der Waals surface area contributed by atoms with Crippen molar-refractivity contribution in [1.29, 1.82) is 0 Å². The molecule has 2 heterocycles. The molecule has 156 valence electrons. The summed E-state index contributed by atoms with van der Waals surface area (Å²) < 4.78 is 11.4. The number of piperidine rings is 2. The SMILES string of the molecule is CC(C)(OC(=O)CSCC(=O)OC(C)(C)C1CCNCC1)C1CCNCC1. The van der Waals surface area contributed by atoms with Crippen molar-refractivity contribution >= 4 is 23.7 Å². The topological polar surface area (TPSA) is 76.7 Å². The van der Waals surface area contributed by atoms with Crippen LogP contribution in [0.2, 0.25) is 0 Å². The highest BCUT2D eigenvalue weighted by molar-refractivity contribution is 8.00. The van der Waals surface area contributed by atoms with E-state index in [2.05, 4.69) is 10.6 Å². The number of rotatable bonds is 8. The standard InChI is InChI=1S/C20H36N2O4S/c1-19(2,15-5-9-21-10-6-15)25-17(23)13-27-14-18(24)26-20(3,4)16-7-11-22-12-8-16/h15-16,21-22H,5-14H2,1-4H3. The van der Waals surface area contributed by atoms with Crippen molar-refractivity contribution in [2.75, 3.05) is 37.7 Å². The average Bonchev–Trinajstić information content (AvgIpc) is 2.62. The molecule has 0 bridgehead atoms. The monoisotopic (exact) mass is 400 g/mol. The third-order valence-electron chi connectivity index (χ3n) is 5.84. The van der Waals surface area contributed by atoms with Gasteiger partial charge >= 0.3 is 11.9 Å². The summed E-state index contributed by atoms with van der Waals surface area (Å²) in [7, 11) is 0. The van der Waals surface area contributed by atoms with Crippen LogP contribution in [-0.2, 0) is 19.1 Å². The summed E-state index contributed by atoms with van der Waals surface area (Å²) in [6.45, 7) is 11.8. The normalized spacial score (nSPS) is 20.3. The van der Waals surface area contributed by atoms with E-state index in [1.165, 1.54) is 11.8 Å². The summed E-state index contributed by atoms with van der Waals surface area (Å²) in [4.78, 5) is 24.4. The lowest BCUT2D eigenvalue weighted by molar-refractivity contribution is -0.159. The first-order valence-electron chi connectivity index (χ1n) is 10.1. The Labute approximate surface area is 167 Å². The molecular weight excluding hydrogens is 364 g/mol. The lowest BCUT2D eigenvalue weighted by Gasteiger charge is -2.37. The number of nitrogens with one attached hydrogen (secondary N) is 2. The molecule has 0 aliphatic carbocycles. The molecule has 2 N–H and O–H groups in total. The molecule has 0 radical (unpaired) electrons. The molecule has 7 heteroatoms. The van der Waals surface area contributed by atoms with Crippen LogP contribution in [0.3, 0.4) is 0 Å². The van der Waals surface area contributed by atoms with Crippen LogP contribution in [0.5, 0.6) is 0 Å². The molecular formula is C20H36N2O4S. The Morgan fingerprint density at radius 2 is 1.11 bits per heavy atom. The van der Waals surface area contributed by atoms with Gasteiger partial charge in [-0.05, 0) is 79.6 Å². The van der Waals surface area contributed by atoms with Gasteiger partial charge in [0.1, 0.15) is 11.2 Å². The molecule has 2 aliphatic heterocycles. The molecule has 2 fully saturated rings. The van der Waals surface area contributed by atoms with Gasteiger partial charge < -0.3 is 20.1 Å². The molecule has 0 saturated carbocycles. The van der Waals surface area contributed by atoms with Crippen molar-refractivity contribution in [2.45, 2.75) is 64.6 Å². The summed E-state index contributed by atoms with van der Waals surface area (Å²) in [6, 6.07) is 0. The highest BCUT2D eigenvalue weighted by atomic mass is 32.2. The largest absolute Gasteiger partial charge is 0.459 e. The van der Waals surface area contributed by atoms with E-state index >= 15 is 0 Å². The maximum absolute atomic E-state index is 12.2. The van der Waals surface area contributed by atoms with Crippen LogP contribution in [0.15, 0.2) is 0 Å². The maximum Gasteiger partial charge on any atom is 0.316 e. The lowest BCUT2D eigenvalue weighted by atomic mass is 9.83. The van der Waals surface area contributed by atoms with E-state index in [1.807, 2.05) is 27.7 Å². The van der Waals surface area contributed by atoms with E-state index in [1.54, 1.807) is 0 Å². The lowest BCUT2D eigenvalue weighted by Crippen LogP contribution is -2.43. The number of carbonyl (C=O) groups excluding carboxylic acids is 2. The summed E-state index contributed by atoms with van der Waals surface area (Å²) in [5.74, 6) is 0.601. The minimum Gasteiger partial charge on any atom is -0.459 e. The zero-order chi connectivity index (χ0) is 19.9. The second-order valence-corrected chi connectivity index (χ2v) is 9.68. The van der Waals surface area contributed by atoms with E-state index in [9.17, 15) is 9.59 Å². The smallest absolute Gasteiger partial charge is 0.316 e. The molecule has 6 nitrogen and oxygen atoms in total. The van der Waals surface area contributed by atoms with Gasteiger partial charge in [0, 0.05) is 11.8 Å². The molecule has 0 aromatic carbocycles. The van der Waals surface area contributed by atoms with Gasteiger partial charge in [-0.25, -0.2) is 0 Å². The molecule has 0 aromatic rings. The van der Waals surface area contributed by atoms with E-state index in [0.29, 0.717) is 11.8 Å². The minimum absolute atomic E-state index is 0.178. The van der Waals surface area contributed by atoms with Crippen molar-refractivity contribution in [1.82, 2.24) is 10.6 Å². The molecule has 0 atom stereocenters. The first kappa shape index (κ1) is 22.5. The number of carbonyl (C=O) groups is 2. The average molecular weight is 401 g/mol. The first-order chi connectivity index (χ1) is 12.7. The van der Waals surface area contributed by atoms with Gasteiger partial charge in [0.2, 0.25) is 0 Å². The maximum atomic E-state index is 12.2. The van der Waals surface area contributed by atoms with Crippen molar-refractivity contribution in [2.24, 2.45) is 11.8 Å². The molecule has 27 heavy (non-hydrogen) atoms. The Kier molecular flexibility index (Phi) is 8.43. The zero-order valence-electron chi connectivity index (χ0n) is 17.3. The van der Waals surface area contributed by atoms with E-state index in [-0.39, 0.29) is 23.4 Å². The molecule has 0 amide bonds. The summed E-state index contributed by atoms with van der Waals surface area (Å²) in [5.41, 5.74) is -0.922. The Bertz CT molecular complexity index is 454. The van der Waals surface area contributed by atoms with Crippen molar-refractivity contribution in [3.63, 3.8) is 0 Å². The fraction of sp³-hybridized carbons (Fsp3) is 0.900. The minimum atomic E-state index is -0.461. The predicted octanol–water partition coefficient (Wildman–Crippen LogP) is 2.36. The van der Waals surface area contributed by atoms with E-state index in [0.717, 1.165) is 51.9 Å². The molecule has 0 aromatic heterocycles. The Morgan fingerprint density at radius 3 is 1.44 bits per heavy atom. The third-order valence-corrected chi connectivity index (χ3v) is 6.72. The van der Waals surface area contributed by atoms with Crippen LogP contribution >= 0.6 is 11.8 Å². The zero-order valence-corrected chi connectivity index (χ0v) is 18.1. The molecule has 2 rings (SSSR count). The van der Waals surface area contributed by atoms with Gasteiger partial charge in [0.25, 0.3) is 0 Å². The highest BCUT2D eigenvalue weighted by Crippen LogP contribution is 2.30. The molecule has 2 aliphatic rings. The summed E-state index contributed by atoms with van der Waals surface area (Å²) in [6.07, 6.45) is 4.08. The highest BCUT2D eigenvalue weighted by Gasteiger charge is 2.35. The van der Waals surface area contributed by atoms with Crippen molar-refractivity contribution < 1.29 is 19.1 Å². The van der Waals surface area contributed by atoms with Crippen molar-refractivity contribution in [3.05, 3.63) is 0 Å². The third kappa shape index (κ3) is 7.27. The van der Waals surface area contributed by atoms with Crippen LogP contribution in [0.4, 0.5) is 0 Å². The Balaban J connectivity index is 1.68. The van der Waals surface area contributed by atoms with E-state index in [4.69, 9.17) is 9.47 Å². The van der Waals surface area contributed by atoms with Gasteiger partial charge in [0.15, 0.2) is 0 Å². The second-order valence-electron chi connectivity index (χ2n) is 8.70. The van der Waals surface area contributed by atoms with Crippen LogP contribution in [0.25, 0.3) is 0 Å². The first-order valence-corrected chi connectivity index (χ1v) is 11.3. The van der Waals surface area contributed by atoms with Gasteiger partial charge in [0.05, 0.1) is 11.5 Å². The molecule has 0 spiro atoms. The fourth-order valence-corrected chi connectivity index (χ4v) is 4.62. The van der Waals surface area contributed by atoms with Gasteiger partial charge in [-0.1, -0.05) is 0 Å². The van der Waals surface area contributed by atoms with Gasteiger partial charge in [-0.2, -0.15) is 0 Å². The summed E-state index contributed by atoms with van der Waals surface area (Å²) >= 11 is 1.27. The number of hydrogen-bond acceptors (Lipinski definition) is 7. The second kappa shape index (κ2) is 10.1. The summed E-state index contributed by atoms with van der Waals surface area (Å²) in [5, 5.41) is 6.66. The van der Waals surface area contributed by atoms with Crippen molar-refractivity contribution in [3.8, 4) is 0 Å². The fourth-order valence-electron chi connectivity index (χ4n) is 4.06. The number of ether oxygens (including phenoxy) is 2.